The summed E-state index contributed by atoms with van der Waals surface area (Å²) in [5.41, 5.74) is 8.87. The first-order valence-electron chi connectivity index (χ1n) is 28.9. The minimum Gasteiger partial charge on any atom is -0.457 e. The van der Waals surface area contributed by atoms with Gasteiger partial charge in [-0.1, -0.05) is 172 Å². The number of ether oxygens (including phenoxy) is 5. The summed E-state index contributed by atoms with van der Waals surface area (Å²) >= 11 is 1.48. The standard InChI is InChI=1S/C40H35NO6S.C27H37N3O7S/c1-39(2)34(36(44)47-33(28-19-11-5-12-20-28)29-21-13-6-14-22-29)41-37(45)40(38(41)48-39)24-23-30(31(40)32(42)27-17-9-4-10-18-27)35(43)46-25-26-15-7-3-8-16-26;1-18(2)15-30(38(33,34)21-10-8-20(28)9-11-21)16-24(31)23(14-19-6-4-3-5-7-19)29-27(32)37-25-17-36-26-22(25)12-13-35-26/h3-23,31,33-34,38H,24-25H2,1-2H3;3-11,18,22-26,31H,12-17,28H2,1-2H3,(H,29,32)/t31-,34+,38-,40+;22-,23-,24+,25-,26+/m10/s1. The largest absolute Gasteiger partial charge is 0.457 e. The van der Waals surface area contributed by atoms with E-state index in [1.165, 1.54) is 40.3 Å². The van der Waals surface area contributed by atoms with E-state index in [0.717, 1.165) is 28.7 Å². The molecule has 17 nitrogen and oxygen atoms in total. The number of sulfonamides is 1. The number of ketones is 1. The number of β-lactam (4-membered cyclic amide) rings is 1. The van der Waals surface area contributed by atoms with E-state index < -0.39 is 79.9 Å². The molecule has 86 heavy (non-hydrogen) atoms. The normalized spacial score (nSPS) is 23.3. The number of alkyl carbamates (subject to hydrolysis) is 1. The van der Waals surface area contributed by atoms with Crippen molar-refractivity contribution in [3.63, 3.8) is 0 Å². The van der Waals surface area contributed by atoms with Gasteiger partial charge in [-0.05, 0) is 85.5 Å². The van der Waals surface area contributed by atoms with Gasteiger partial charge >= 0.3 is 18.0 Å². The Bertz CT molecular complexity index is 3450. The van der Waals surface area contributed by atoms with E-state index in [1.807, 2.05) is 155 Å². The van der Waals surface area contributed by atoms with Crippen LogP contribution >= 0.6 is 11.8 Å². The highest BCUT2D eigenvalue weighted by Gasteiger charge is 2.76. The van der Waals surface area contributed by atoms with Crippen LogP contribution in [0.5, 0.6) is 0 Å². The first kappa shape index (κ1) is 61.4. The number of anilines is 1. The van der Waals surface area contributed by atoms with E-state index in [0.29, 0.717) is 17.9 Å². The van der Waals surface area contributed by atoms with E-state index in [9.17, 15) is 37.5 Å². The summed E-state index contributed by atoms with van der Waals surface area (Å²) in [5.74, 6) is -2.87. The number of esters is 2. The number of nitrogens with zero attached hydrogens (tertiary/aromatic N) is 2. The molecular weight excluding hydrogens is 1130 g/mol. The van der Waals surface area contributed by atoms with Gasteiger partial charge in [-0.15, -0.1) is 11.8 Å². The molecule has 4 N–H and O–H groups in total. The molecule has 5 aliphatic rings. The number of nitrogen functional groups attached to an aromatic ring is 1. The minimum atomic E-state index is -3.93. The topological polar surface area (TPSA) is 230 Å². The monoisotopic (exact) mass is 1200 g/mol. The number of nitrogens with two attached hydrogens (primary N) is 1. The maximum atomic E-state index is 14.6. The summed E-state index contributed by atoms with van der Waals surface area (Å²) in [5, 5.41) is 13.6. The predicted octanol–water partition coefficient (Wildman–Crippen LogP) is 9.32. The first-order chi connectivity index (χ1) is 41.3. The smallest absolute Gasteiger partial charge is 0.407 e. The molecule has 2 amide bonds. The number of thioether (sulfide) groups is 1. The maximum absolute atomic E-state index is 14.6. The zero-order valence-electron chi connectivity index (χ0n) is 48.4. The van der Waals surface area contributed by atoms with Crippen LogP contribution in [0, 0.1) is 23.2 Å². The van der Waals surface area contributed by atoms with Gasteiger partial charge in [0.1, 0.15) is 18.8 Å². The second-order valence-corrected chi connectivity index (χ2v) is 26.9. The van der Waals surface area contributed by atoms with Gasteiger partial charge in [-0.25, -0.2) is 22.8 Å². The number of hydrogen-bond donors (Lipinski definition) is 3. The van der Waals surface area contributed by atoms with Crippen molar-refractivity contribution in [3.05, 3.63) is 215 Å². The minimum absolute atomic E-state index is 0.000183. The second kappa shape index (κ2) is 26.5. The number of Topliss-reactive ketones (excluding diaryl/α,β-unsaturated/α-hetero) is 1. The third-order valence-corrected chi connectivity index (χ3v) is 19.9. The molecule has 4 aliphatic heterocycles. The zero-order chi connectivity index (χ0) is 60.8. The van der Waals surface area contributed by atoms with Gasteiger partial charge in [0.25, 0.3) is 0 Å². The summed E-state index contributed by atoms with van der Waals surface area (Å²) in [4.78, 5) is 71.3. The fraction of sp³-hybridized carbons (Fsp3) is 0.358. The third kappa shape index (κ3) is 13.2. The van der Waals surface area contributed by atoms with Gasteiger partial charge in [-0.3, -0.25) is 9.59 Å². The van der Waals surface area contributed by atoms with Gasteiger partial charge in [0.2, 0.25) is 15.9 Å². The zero-order valence-corrected chi connectivity index (χ0v) is 50.0. The van der Waals surface area contributed by atoms with E-state index in [4.69, 9.17) is 29.4 Å². The highest BCUT2D eigenvalue weighted by Crippen LogP contribution is 2.66. The number of carbonyl (C=O) groups excluding carboxylic acids is 5. The number of carbonyl (C=O) groups is 5. The van der Waals surface area contributed by atoms with Crippen molar-refractivity contribution in [2.24, 2.45) is 23.2 Å². The molecule has 0 saturated carbocycles. The molecule has 6 aromatic carbocycles. The van der Waals surface area contributed by atoms with Crippen LogP contribution in [0.3, 0.4) is 0 Å². The Kier molecular flexibility index (Phi) is 19.0. The maximum Gasteiger partial charge on any atom is 0.407 e. The number of allylic oxidation sites excluding steroid dienone is 1. The molecule has 450 valence electrons. The first-order valence-corrected chi connectivity index (χ1v) is 31.3. The Labute approximate surface area is 506 Å². The van der Waals surface area contributed by atoms with Crippen LogP contribution in [0.1, 0.15) is 79.3 Å². The lowest BCUT2D eigenvalue weighted by atomic mass is 9.64. The van der Waals surface area contributed by atoms with Crippen molar-refractivity contribution < 1.29 is 61.2 Å². The van der Waals surface area contributed by atoms with Gasteiger partial charge in [0.05, 0.1) is 52.9 Å². The number of amides is 2. The van der Waals surface area contributed by atoms with E-state index in [2.05, 4.69) is 5.32 Å². The summed E-state index contributed by atoms with van der Waals surface area (Å²) in [6, 6.07) is 50.7. The second-order valence-electron chi connectivity index (χ2n) is 23.2. The lowest BCUT2D eigenvalue weighted by molar-refractivity contribution is -0.179. The highest BCUT2D eigenvalue weighted by molar-refractivity contribution is 8.01. The van der Waals surface area contributed by atoms with Gasteiger partial charge in [0, 0.05) is 34.7 Å². The molecule has 0 unspecified atom stereocenters. The fourth-order valence-corrected chi connectivity index (χ4v) is 15.5. The van der Waals surface area contributed by atoms with Crippen molar-refractivity contribution >= 4 is 57.2 Å². The molecule has 1 spiro atoms. The van der Waals surface area contributed by atoms with Crippen molar-refractivity contribution in [2.45, 2.75) is 105 Å². The molecule has 9 atom stereocenters. The average molecular weight is 1210 g/mol. The van der Waals surface area contributed by atoms with Crippen LogP contribution in [0.2, 0.25) is 0 Å². The van der Waals surface area contributed by atoms with Crippen LogP contribution < -0.4 is 11.1 Å². The van der Waals surface area contributed by atoms with Crippen LogP contribution in [0.25, 0.3) is 0 Å². The summed E-state index contributed by atoms with van der Waals surface area (Å²) in [7, 11) is -3.93. The molecular formula is C67H72N4O13S2. The van der Waals surface area contributed by atoms with Crippen LogP contribution in [-0.4, -0.2) is 119 Å². The Balaban J connectivity index is 0.000000196. The molecule has 0 radical (unpaired) electrons. The Morgan fingerprint density at radius 1 is 0.791 bits per heavy atom. The lowest BCUT2D eigenvalue weighted by Gasteiger charge is -2.54. The number of rotatable bonds is 20. The molecule has 4 saturated heterocycles. The molecule has 1 aliphatic carbocycles. The van der Waals surface area contributed by atoms with E-state index in [1.54, 1.807) is 35.2 Å². The summed E-state index contributed by atoms with van der Waals surface area (Å²) in [6.07, 6.45) is -0.479. The lowest BCUT2D eigenvalue weighted by Crippen LogP contribution is -2.71. The molecule has 0 aromatic heterocycles. The van der Waals surface area contributed by atoms with Crippen LogP contribution in [0.4, 0.5) is 10.5 Å². The van der Waals surface area contributed by atoms with Crippen molar-refractivity contribution in [3.8, 4) is 0 Å². The number of hydrogen-bond acceptors (Lipinski definition) is 15. The molecule has 11 rings (SSSR count). The van der Waals surface area contributed by atoms with E-state index in [-0.39, 0.29) is 79.4 Å². The van der Waals surface area contributed by atoms with Crippen molar-refractivity contribution in [1.29, 1.82) is 0 Å². The molecule has 4 heterocycles. The summed E-state index contributed by atoms with van der Waals surface area (Å²) < 4.78 is 56.2. The molecule has 0 bridgehead atoms. The Morgan fingerprint density at radius 3 is 1.98 bits per heavy atom. The fourth-order valence-electron chi connectivity index (χ4n) is 12.1. The molecule has 4 fully saturated rings. The quantitative estimate of drug-likeness (QED) is 0.0213. The van der Waals surface area contributed by atoms with Crippen molar-refractivity contribution in [1.82, 2.24) is 14.5 Å². The number of nitrogens with one attached hydrogen (secondary N) is 1. The van der Waals surface area contributed by atoms with E-state index >= 15 is 0 Å². The van der Waals surface area contributed by atoms with Crippen LogP contribution in [0.15, 0.2) is 192 Å². The molecule has 19 heteroatoms. The average Bonchev–Trinajstić information content (AvgIpc) is 1.50. The summed E-state index contributed by atoms with van der Waals surface area (Å²) in [6.45, 7) is 8.47. The number of fused-ring (bicyclic) bond motifs is 3. The van der Waals surface area contributed by atoms with Gasteiger partial charge in [-0.2, -0.15) is 4.31 Å². The third-order valence-electron chi connectivity index (χ3n) is 16.4. The van der Waals surface area contributed by atoms with Crippen molar-refractivity contribution in [2.75, 3.05) is 32.0 Å². The van der Waals surface area contributed by atoms with Gasteiger partial charge in [0.15, 0.2) is 18.2 Å². The number of aliphatic hydroxyl groups is 1. The SMILES string of the molecule is CC(C)CN(C[C@@H](O)[C@H](Cc1ccccc1)NC(=O)O[C@H]1CO[C@H]2OCC[C@H]21)S(=O)(=O)c1ccc(N)cc1.CC1(C)S[C@H]2N(C(=O)[C@@]23CC=C(C(=O)OCc2ccccc2)[C@@H]3C(=O)c2ccccc2)[C@H]1C(=O)OC(c1ccccc1)c1ccccc1. The van der Waals surface area contributed by atoms with Crippen LogP contribution in [-0.2, 0) is 61.1 Å². The predicted molar refractivity (Wildman–Crippen MR) is 324 cm³/mol. The number of benzene rings is 6. The molecule has 6 aromatic rings. The Hall–Kier alpha value is -7.65. The Morgan fingerprint density at radius 2 is 1.37 bits per heavy atom. The van der Waals surface area contributed by atoms with Gasteiger partial charge < -0.3 is 44.7 Å². The number of aliphatic hydroxyl groups excluding tert-OH is 1. The highest BCUT2D eigenvalue weighted by atomic mass is 32.2.